The Kier molecular flexibility index (Phi) is 5.14. The fraction of sp³-hybridized carbons (Fsp3) is 0.115. The molecule has 7 nitrogen and oxygen atoms in total. The van der Waals surface area contributed by atoms with Gasteiger partial charge in [0.1, 0.15) is 11.3 Å². The lowest BCUT2D eigenvalue weighted by atomic mass is 10.2. The monoisotopic (exact) mass is 438 g/mol. The van der Waals surface area contributed by atoms with Crippen molar-refractivity contribution in [1.29, 1.82) is 0 Å². The van der Waals surface area contributed by atoms with Gasteiger partial charge in [-0.15, -0.1) is 0 Å². The molecule has 0 atom stereocenters. The zero-order valence-electron chi connectivity index (χ0n) is 18.5. The van der Waals surface area contributed by atoms with Gasteiger partial charge in [-0.05, 0) is 36.4 Å². The van der Waals surface area contributed by atoms with Crippen molar-refractivity contribution in [3.05, 3.63) is 88.7 Å². The van der Waals surface area contributed by atoms with Crippen LogP contribution in [0.1, 0.15) is 5.56 Å². The Labute approximate surface area is 190 Å². The molecule has 0 bridgehead atoms. The molecule has 0 fully saturated rings. The van der Waals surface area contributed by atoms with E-state index in [1.807, 2.05) is 79.7 Å². The number of aromatic nitrogens is 2. The lowest BCUT2D eigenvalue weighted by Gasteiger charge is -2.14. The number of nitrogens with zero attached hydrogens (tertiary/aromatic N) is 4. The summed E-state index contributed by atoms with van der Waals surface area (Å²) in [7, 11) is 5.53. The number of benzene rings is 3. The van der Waals surface area contributed by atoms with Crippen LogP contribution in [-0.2, 0) is 0 Å². The number of anilines is 1. The molecule has 0 N–H and O–H groups in total. The summed E-state index contributed by atoms with van der Waals surface area (Å²) in [6, 6.07) is 22.5. The van der Waals surface area contributed by atoms with E-state index in [-0.39, 0.29) is 5.56 Å². The van der Waals surface area contributed by atoms with Crippen molar-refractivity contribution in [1.82, 2.24) is 9.66 Å². The van der Waals surface area contributed by atoms with Crippen LogP contribution in [0.5, 0.6) is 5.75 Å². The summed E-state index contributed by atoms with van der Waals surface area (Å²) in [5.74, 6) is 1.44. The normalized spacial score (nSPS) is 11.5. The van der Waals surface area contributed by atoms with Gasteiger partial charge in [-0.25, -0.2) is 4.98 Å². The zero-order valence-corrected chi connectivity index (χ0v) is 18.5. The Morgan fingerprint density at radius 2 is 1.82 bits per heavy atom. The molecule has 2 aromatic heterocycles. The zero-order chi connectivity index (χ0) is 22.9. The maximum Gasteiger partial charge on any atom is 0.282 e. The highest BCUT2D eigenvalue weighted by molar-refractivity contribution is 5.86. The lowest BCUT2D eigenvalue weighted by Crippen LogP contribution is -2.20. The van der Waals surface area contributed by atoms with Crippen LogP contribution in [-0.4, -0.2) is 37.1 Å². The second kappa shape index (κ2) is 8.27. The predicted molar refractivity (Wildman–Crippen MR) is 132 cm³/mol. The standard InChI is InChI=1S/C26H22N4O3/c1-29(2)19-13-12-18(23(15-19)32-3)16-27-30-25(24-14-17-8-4-7-11-22(17)33-24)28-21-10-6-5-9-20(21)26(30)31/h4-16H,1-3H3. The molecule has 0 aliphatic heterocycles. The van der Waals surface area contributed by atoms with Crippen molar-refractivity contribution in [2.75, 3.05) is 26.1 Å². The Hall–Kier alpha value is -4.39. The molecule has 0 unspecified atom stereocenters. The molecule has 0 radical (unpaired) electrons. The number of hydrogen-bond acceptors (Lipinski definition) is 6. The molecular weight excluding hydrogens is 416 g/mol. The van der Waals surface area contributed by atoms with Gasteiger partial charge < -0.3 is 14.1 Å². The molecule has 0 amide bonds. The number of para-hydroxylation sites is 2. The summed E-state index contributed by atoms with van der Waals surface area (Å²) in [5, 5.41) is 5.92. The fourth-order valence-corrected chi connectivity index (χ4v) is 3.69. The molecule has 0 saturated carbocycles. The van der Waals surface area contributed by atoms with Crippen LogP contribution < -0.4 is 15.2 Å². The molecule has 3 aromatic carbocycles. The van der Waals surface area contributed by atoms with Crippen molar-refractivity contribution >= 4 is 33.8 Å². The van der Waals surface area contributed by atoms with E-state index in [4.69, 9.17) is 14.1 Å². The summed E-state index contributed by atoms with van der Waals surface area (Å²) >= 11 is 0. The maximum atomic E-state index is 13.4. The number of rotatable bonds is 5. The minimum absolute atomic E-state index is 0.281. The summed E-state index contributed by atoms with van der Waals surface area (Å²) < 4.78 is 12.8. The first-order valence-electron chi connectivity index (χ1n) is 10.5. The van der Waals surface area contributed by atoms with E-state index in [2.05, 4.69) is 5.10 Å². The quantitative estimate of drug-likeness (QED) is 0.370. The van der Waals surface area contributed by atoms with Crippen molar-refractivity contribution in [3.8, 4) is 17.3 Å². The van der Waals surface area contributed by atoms with E-state index in [9.17, 15) is 4.79 Å². The van der Waals surface area contributed by atoms with E-state index >= 15 is 0 Å². The van der Waals surface area contributed by atoms with Gasteiger partial charge in [-0.3, -0.25) is 4.79 Å². The highest BCUT2D eigenvalue weighted by Gasteiger charge is 2.16. The number of methoxy groups -OCH3 is 1. The first-order chi connectivity index (χ1) is 16.0. The van der Waals surface area contributed by atoms with E-state index in [0.29, 0.717) is 33.8 Å². The number of hydrogen-bond donors (Lipinski definition) is 0. The average molecular weight is 438 g/mol. The number of fused-ring (bicyclic) bond motifs is 2. The van der Waals surface area contributed by atoms with Gasteiger partial charge in [-0.2, -0.15) is 9.78 Å². The second-order valence-electron chi connectivity index (χ2n) is 7.78. The third kappa shape index (κ3) is 3.74. The smallest absolute Gasteiger partial charge is 0.282 e. The van der Waals surface area contributed by atoms with Crippen LogP contribution >= 0.6 is 0 Å². The minimum atomic E-state index is -0.281. The Morgan fingerprint density at radius 3 is 2.61 bits per heavy atom. The van der Waals surface area contributed by atoms with Crippen LogP contribution in [0.2, 0.25) is 0 Å². The van der Waals surface area contributed by atoms with Gasteiger partial charge in [0.15, 0.2) is 5.76 Å². The summed E-state index contributed by atoms with van der Waals surface area (Å²) in [6.07, 6.45) is 1.60. The van der Waals surface area contributed by atoms with Crippen LogP contribution in [0, 0.1) is 0 Å². The van der Waals surface area contributed by atoms with Crippen molar-refractivity contribution in [2.45, 2.75) is 0 Å². The molecule has 2 heterocycles. The fourth-order valence-electron chi connectivity index (χ4n) is 3.69. The predicted octanol–water partition coefficient (Wildman–Crippen LogP) is 4.77. The molecule has 164 valence electrons. The van der Waals surface area contributed by atoms with Crippen molar-refractivity contribution < 1.29 is 9.15 Å². The van der Waals surface area contributed by atoms with Crippen LogP contribution in [0.15, 0.2) is 87.1 Å². The SMILES string of the molecule is COc1cc(N(C)C)ccc1C=Nn1c(-c2cc3ccccc3o2)nc2ccccc2c1=O. The third-order valence-electron chi connectivity index (χ3n) is 5.45. The van der Waals surface area contributed by atoms with Gasteiger partial charge in [0.2, 0.25) is 5.82 Å². The highest BCUT2D eigenvalue weighted by atomic mass is 16.5. The topological polar surface area (TPSA) is 72.9 Å². The molecule has 33 heavy (non-hydrogen) atoms. The summed E-state index contributed by atoms with van der Waals surface area (Å²) in [4.78, 5) is 20.1. The van der Waals surface area contributed by atoms with Gasteiger partial charge in [0, 0.05) is 36.8 Å². The van der Waals surface area contributed by atoms with Gasteiger partial charge in [0.25, 0.3) is 5.56 Å². The van der Waals surface area contributed by atoms with Crippen LogP contribution in [0.4, 0.5) is 5.69 Å². The molecular formula is C26H22N4O3. The van der Waals surface area contributed by atoms with Crippen molar-refractivity contribution in [3.63, 3.8) is 0 Å². The number of ether oxygens (including phenoxy) is 1. The largest absolute Gasteiger partial charge is 0.496 e. The Balaban J connectivity index is 1.69. The van der Waals surface area contributed by atoms with Gasteiger partial charge >= 0.3 is 0 Å². The lowest BCUT2D eigenvalue weighted by molar-refractivity contribution is 0.414. The van der Waals surface area contributed by atoms with Gasteiger partial charge in [-0.1, -0.05) is 30.3 Å². The third-order valence-corrected chi connectivity index (χ3v) is 5.45. The minimum Gasteiger partial charge on any atom is -0.496 e. The first kappa shape index (κ1) is 20.5. The second-order valence-corrected chi connectivity index (χ2v) is 7.78. The van der Waals surface area contributed by atoms with Crippen LogP contribution in [0.3, 0.4) is 0 Å². The van der Waals surface area contributed by atoms with E-state index in [0.717, 1.165) is 16.6 Å². The molecule has 0 spiro atoms. The first-order valence-corrected chi connectivity index (χ1v) is 10.5. The van der Waals surface area contributed by atoms with E-state index in [1.165, 1.54) is 4.68 Å². The molecule has 5 aromatic rings. The summed E-state index contributed by atoms with van der Waals surface area (Å²) in [5.41, 5.74) is 2.75. The number of furan rings is 1. The van der Waals surface area contributed by atoms with E-state index < -0.39 is 0 Å². The maximum absolute atomic E-state index is 13.4. The molecule has 0 saturated heterocycles. The van der Waals surface area contributed by atoms with Crippen LogP contribution in [0.25, 0.3) is 33.5 Å². The average Bonchev–Trinajstić information content (AvgIpc) is 3.27. The molecule has 0 aliphatic rings. The molecule has 7 heteroatoms. The van der Waals surface area contributed by atoms with E-state index in [1.54, 1.807) is 25.5 Å². The molecule has 0 aliphatic carbocycles. The highest BCUT2D eigenvalue weighted by Crippen LogP contribution is 2.27. The summed E-state index contributed by atoms with van der Waals surface area (Å²) in [6.45, 7) is 0. The Morgan fingerprint density at radius 1 is 1.03 bits per heavy atom. The Bertz CT molecular complexity index is 1530. The van der Waals surface area contributed by atoms with Crippen molar-refractivity contribution in [2.24, 2.45) is 5.10 Å². The molecule has 5 rings (SSSR count). The van der Waals surface area contributed by atoms with Gasteiger partial charge in [0.05, 0.1) is 24.2 Å².